The predicted molar refractivity (Wildman–Crippen MR) is 81.7 cm³/mol. The van der Waals surface area contributed by atoms with Gasteiger partial charge in [-0.15, -0.1) is 0 Å². The summed E-state index contributed by atoms with van der Waals surface area (Å²) in [5, 5.41) is 2.95. The molecule has 4 heteroatoms. The van der Waals surface area contributed by atoms with E-state index in [9.17, 15) is 4.79 Å². The first-order chi connectivity index (χ1) is 9.64. The lowest BCUT2D eigenvalue weighted by atomic mass is 10.0. The minimum atomic E-state index is -0.109. The molecule has 0 spiro atoms. The van der Waals surface area contributed by atoms with Crippen LogP contribution >= 0.6 is 0 Å². The van der Waals surface area contributed by atoms with Crippen LogP contribution in [0.4, 0.5) is 0 Å². The van der Waals surface area contributed by atoms with Crippen molar-refractivity contribution in [3.63, 3.8) is 0 Å². The summed E-state index contributed by atoms with van der Waals surface area (Å²) in [5.41, 5.74) is 0. The van der Waals surface area contributed by atoms with E-state index in [-0.39, 0.29) is 5.91 Å². The highest BCUT2D eigenvalue weighted by atomic mass is 16.4. The van der Waals surface area contributed by atoms with Crippen LogP contribution in [-0.2, 0) is 6.54 Å². The monoisotopic (exact) mass is 280 g/mol. The van der Waals surface area contributed by atoms with Crippen LogP contribution in [0.5, 0.6) is 0 Å². The Balaban J connectivity index is 2.51. The molecule has 114 valence electrons. The first-order valence-corrected chi connectivity index (χ1v) is 7.73. The number of hydrogen-bond acceptors (Lipinski definition) is 3. The standard InChI is InChI=1S/C16H28N2O2/c1-5-13(6-2)11-17-16(19)15-10-9-14(20-15)12-18(7-3)8-4/h9-10,13H,5-8,11-12H2,1-4H3,(H,17,19). The van der Waals surface area contributed by atoms with Crippen molar-refractivity contribution in [3.05, 3.63) is 23.7 Å². The highest BCUT2D eigenvalue weighted by molar-refractivity contribution is 5.91. The zero-order valence-electron chi connectivity index (χ0n) is 13.2. The van der Waals surface area contributed by atoms with Gasteiger partial charge in [0.05, 0.1) is 6.54 Å². The number of rotatable bonds is 9. The molecule has 1 N–H and O–H groups in total. The highest BCUT2D eigenvalue weighted by Gasteiger charge is 2.13. The maximum atomic E-state index is 12.0. The summed E-state index contributed by atoms with van der Waals surface area (Å²) in [6, 6.07) is 3.66. The van der Waals surface area contributed by atoms with E-state index in [0.29, 0.717) is 11.7 Å². The Bertz CT molecular complexity index is 393. The normalized spacial score (nSPS) is 11.3. The number of furan rings is 1. The molecule has 0 bridgehead atoms. The Hall–Kier alpha value is -1.29. The third-order valence-electron chi connectivity index (χ3n) is 3.87. The fourth-order valence-corrected chi connectivity index (χ4v) is 2.15. The summed E-state index contributed by atoms with van der Waals surface area (Å²) in [6.07, 6.45) is 2.17. The van der Waals surface area contributed by atoms with Crippen molar-refractivity contribution in [2.45, 2.75) is 47.1 Å². The van der Waals surface area contributed by atoms with Crippen molar-refractivity contribution in [3.8, 4) is 0 Å². The average molecular weight is 280 g/mol. The Morgan fingerprint density at radius 1 is 1.20 bits per heavy atom. The molecule has 0 saturated carbocycles. The van der Waals surface area contributed by atoms with E-state index in [1.807, 2.05) is 6.07 Å². The number of amides is 1. The van der Waals surface area contributed by atoms with Crippen LogP contribution < -0.4 is 5.32 Å². The molecular formula is C16H28N2O2. The van der Waals surface area contributed by atoms with Crippen LogP contribution in [0.2, 0.25) is 0 Å². The fourth-order valence-electron chi connectivity index (χ4n) is 2.15. The van der Waals surface area contributed by atoms with Gasteiger partial charge in [0.25, 0.3) is 5.91 Å². The first kappa shape index (κ1) is 16.8. The second-order valence-corrected chi connectivity index (χ2v) is 5.12. The topological polar surface area (TPSA) is 45.5 Å². The van der Waals surface area contributed by atoms with Crippen LogP contribution in [0.1, 0.15) is 56.9 Å². The van der Waals surface area contributed by atoms with Crippen molar-refractivity contribution in [2.24, 2.45) is 5.92 Å². The van der Waals surface area contributed by atoms with E-state index >= 15 is 0 Å². The Morgan fingerprint density at radius 2 is 1.85 bits per heavy atom. The van der Waals surface area contributed by atoms with Crippen LogP contribution in [0, 0.1) is 5.92 Å². The van der Waals surface area contributed by atoms with E-state index < -0.39 is 0 Å². The zero-order valence-corrected chi connectivity index (χ0v) is 13.2. The van der Waals surface area contributed by atoms with Crippen LogP contribution in [0.3, 0.4) is 0 Å². The molecule has 4 nitrogen and oxygen atoms in total. The SMILES string of the molecule is CCC(CC)CNC(=O)c1ccc(CN(CC)CC)o1. The molecule has 0 aromatic carbocycles. The van der Waals surface area contributed by atoms with Gasteiger partial charge in [-0.2, -0.15) is 0 Å². The van der Waals surface area contributed by atoms with Gasteiger partial charge >= 0.3 is 0 Å². The van der Waals surface area contributed by atoms with Gasteiger partial charge in [0.2, 0.25) is 0 Å². The number of nitrogens with zero attached hydrogens (tertiary/aromatic N) is 1. The van der Waals surface area contributed by atoms with Gasteiger partial charge in [-0.25, -0.2) is 0 Å². The molecule has 0 fully saturated rings. The van der Waals surface area contributed by atoms with Gasteiger partial charge in [-0.1, -0.05) is 40.5 Å². The maximum absolute atomic E-state index is 12.0. The molecule has 1 heterocycles. The maximum Gasteiger partial charge on any atom is 0.287 e. The van der Waals surface area contributed by atoms with Gasteiger partial charge in [0.1, 0.15) is 5.76 Å². The summed E-state index contributed by atoms with van der Waals surface area (Å²) in [6.45, 7) is 12.0. The van der Waals surface area contributed by atoms with Crippen molar-refractivity contribution in [2.75, 3.05) is 19.6 Å². The smallest absolute Gasteiger partial charge is 0.287 e. The minimum Gasteiger partial charge on any atom is -0.455 e. The average Bonchev–Trinajstić information content (AvgIpc) is 2.94. The summed E-state index contributed by atoms with van der Waals surface area (Å²) in [5.74, 6) is 1.70. The largest absolute Gasteiger partial charge is 0.455 e. The molecule has 1 aromatic heterocycles. The van der Waals surface area contributed by atoms with Gasteiger partial charge in [0, 0.05) is 6.54 Å². The van der Waals surface area contributed by atoms with Crippen LogP contribution in [0.25, 0.3) is 0 Å². The highest BCUT2D eigenvalue weighted by Crippen LogP contribution is 2.11. The number of carbonyl (C=O) groups is 1. The molecule has 1 aromatic rings. The summed E-state index contributed by atoms with van der Waals surface area (Å²) in [7, 11) is 0. The number of nitrogens with one attached hydrogen (secondary N) is 1. The molecule has 0 aliphatic heterocycles. The van der Waals surface area contributed by atoms with Gasteiger partial charge in [-0.05, 0) is 31.1 Å². The molecule has 0 saturated heterocycles. The third-order valence-corrected chi connectivity index (χ3v) is 3.87. The first-order valence-electron chi connectivity index (χ1n) is 7.73. The Labute approximate surface area is 122 Å². The predicted octanol–water partition coefficient (Wildman–Crippen LogP) is 3.29. The quantitative estimate of drug-likeness (QED) is 0.755. The molecule has 0 radical (unpaired) electrons. The second-order valence-electron chi connectivity index (χ2n) is 5.12. The fraction of sp³-hybridized carbons (Fsp3) is 0.688. The molecular weight excluding hydrogens is 252 g/mol. The molecule has 0 aliphatic rings. The Kier molecular flexibility index (Phi) is 7.37. The van der Waals surface area contributed by atoms with E-state index in [0.717, 1.165) is 44.8 Å². The number of carbonyl (C=O) groups excluding carboxylic acids is 1. The molecule has 0 aliphatic carbocycles. The lowest BCUT2D eigenvalue weighted by Crippen LogP contribution is -2.28. The van der Waals surface area contributed by atoms with Crippen molar-refractivity contribution < 1.29 is 9.21 Å². The summed E-state index contributed by atoms with van der Waals surface area (Å²) in [4.78, 5) is 14.3. The van der Waals surface area contributed by atoms with Crippen LogP contribution in [0.15, 0.2) is 16.5 Å². The van der Waals surface area contributed by atoms with E-state index in [2.05, 4.69) is 37.9 Å². The van der Waals surface area contributed by atoms with Gasteiger partial charge in [0.15, 0.2) is 5.76 Å². The molecule has 20 heavy (non-hydrogen) atoms. The third kappa shape index (κ3) is 5.00. The molecule has 0 unspecified atom stereocenters. The van der Waals surface area contributed by atoms with Crippen LogP contribution in [-0.4, -0.2) is 30.4 Å². The van der Waals surface area contributed by atoms with Crippen molar-refractivity contribution >= 4 is 5.91 Å². The number of hydrogen-bond donors (Lipinski definition) is 1. The lowest BCUT2D eigenvalue weighted by molar-refractivity contribution is 0.0915. The second kappa shape index (κ2) is 8.80. The van der Waals surface area contributed by atoms with E-state index in [1.54, 1.807) is 6.07 Å². The van der Waals surface area contributed by atoms with Crippen molar-refractivity contribution in [1.82, 2.24) is 10.2 Å². The minimum absolute atomic E-state index is 0.109. The van der Waals surface area contributed by atoms with Gasteiger partial charge in [-0.3, -0.25) is 9.69 Å². The summed E-state index contributed by atoms with van der Waals surface area (Å²) < 4.78 is 5.63. The Morgan fingerprint density at radius 3 is 2.40 bits per heavy atom. The van der Waals surface area contributed by atoms with Crippen molar-refractivity contribution in [1.29, 1.82) is 0 Å². The molecule has 0 atom stereocenters. The molecule has 1 rings (SSSR count). The van der Waals surface area contributed by atoms with E-state index in [4.69, 9.17) is 4.42 Å². The molecule has 1 amide bonds. The summed E-state index contributed by atoms with van der Waals surface area (Å²) >= 11 is 0. The lowest BCUT2D eigenvalue weighted by Gasteiger charge is -2.15. The zero-order chi connectivity index (χ0) is 15.0. The van der Waals surface area contributed by atoms with Gasteiger partial charge < -0.3 is 9.73 Å². The van der Waals surface area contributed by atoms with E-state index in [1.165, 1.54) is 0 Å².